The fourth-order valence-corrected chi connectivity index (χ4v) is 2.90. The molecule has 112 valence electrons. The van der Waals surface area contributed by atoms with Crippen LogP contribution in [0.4, 0.5) is 5.69 Å². The smallest absolute Gasteiger partial charge is 0.306 e. The number of rotatable bonds is 4. The van der Waals surface area contributed by atoms with Gasteiger partial charge in [-0.15, -0.1) is 0 Å². The first-order valence-electron chi connectivity index (χ1n) is 6.35. The molecule has 2 unspecified atom stereocenters. The van der Waals surface area contributed by atoms with Crippen LogP contribution < -0.4 is 5.32 Å². The fraction of sp³-hybridized carbons (Fsp3) is 0.385. The van der Waals surface area contributed by atoms with E-state index in [9.17, 15) is 19.7 Å². The molecule has 1 aromatic carbocycles. The molecule has 2 rings (SSSR count). The third kappa shape index (κ3) is 3.78. The van der Waals surface area contributed by atoms with Gasteiger partial charge in [-0.3, -0.25) is 19.7 Å². The lowest BCUT2D eigenvalue weighted by Crippen LogP contribution is -2.33. The van der Waals surface area contributed by atoms with E-state index in [2.05, 4.69) is 21.2 Å². The molecule has 0 saturated heterocycles. The molecule has 1 aromatic rings. The first-order valence-corrected chi connectivity index (χ1v) is 7.14. The summed E-state index contributed by atoms with van der Waals surface area (Å²) >= 11 is 3.13. The quantitative estimate of drug-likeness (QED) is 0.635. The number of carbonyl (C=O) groups excluding carboxylic acids is 1. The molecule has 0 bridgehead atoms. The van der Waals surface area contributed by atoms with Gasteiger partial charge in [0.2, 0.25) is 0 Å². The molecule has 7 nitrogen and oxygen atoms in total. The van der Waals surface area contributed by atoms with Gasteiger partial charge in [-0.05, 0) is 25.3 Å². The average molecular weight is 357 g/mol. The lowest BCUT2D eigenvalue weighted by Gasteiger charge is -2.12. The first kappa shape index (κ1) is 15.4. The summed E-state index contributed by atoms with van der Waals surface area (Å²) in [6.45, 7) is 0. The lowest BCUT2D eigenvalue weighted by molar-refractivity contribution is -0.385. The van der Waals surface area contributed by atoms with E-state index in [-0.39, 0.29) is 17.3 Å². The molecule has 21 heavy (non-hydrogen) atoms. The predicted molar refractivity (Wildman–Crippen MR) is 77.0 cm³/mol. The Hall–Kier alpha value is -1.96. The van der Waals surface area contributed by atoms with Crippen molar-refractivity contribution in [3.05, 3.63) is 38.3 Å². The van der Waals surface area contributed by atoms with Crippen LogP contribution in [0.1, 0.15) is 29.6 Å². The molecular weight excluding hydrogens is 344 g/mol. The number of benzene rings is 1. The summed E-state index contributed by atoms with van der Waals surface area (Å²) in [5.41, 5.74) is -0.000732. The van der Waals surface area contributed by atoms with Crippen LogP contribution >= 0.6 is 15.9 Å². The number of non-ortho nitro benzene ring substituents is 1. The number of aliphatic carboxylic acids is 1. The van der Waals surface area contributed by atoms with E-state index in [0.29, 0.717) is 23.7 Å². The molecule has 0 aliphatic heterocycles. The highest BCUT2D eigenvalue weighted by atomic mass is 79.9. The number of nitrogens with one attached hydrogen (secondary N) is 1. The molecule has 0 aromatic heterocycles. The Morgan fingerprint density at radius 2 is 2.05 bits per heavy atom. The summed E-state index contributed by atoms with van der Waals surface area (Å²) < 4.78 is 0.441. The van der Waals surface area contributed by atoms with E-state index in [1.54, 1.807) is 0 Å². The van der Waals surface area contributed by atoms with E-state index >= 15 is 0 Å². The van der Waals surface area contributed by atoms with Crippen LogP contribution in [0, 0.1) is 16.0 Å². The van der Waals surface area contributed by atoms with Crippen molar-refractivity contribution in [2.45, 2.75) is 25.3 Å². The molecule has 0 heterocycles. The van der Waals surface area contributed by atoms with E-state index < -0.39 is 22.7 Å². The number of nitro groups is 1. The van der Waals surface area contributed by atoms with E-state index in [1.165, 1.54) is 18.2 Å². The number of amides is 1. The van der Waals surface area contributed by atoms with Gasteiger partial charge < -0.3 is 10.4 Å². The monoisotopic (exact) mass is 356 g/mol. The highest BCUT2D eigenvalue weighted by Gasteiger charge is 2.30. The van der Waals surface area contributed by atoms with Gasteiger partial charge in [-0.2, -0.15) is 0 Å². The fourth-order valence-electron chi connectivity index (χ4n) is 2.42. The summed E-state index contributed by atoms with van der Waals surface area (Å²) in [5, 5.41) is 22.4. The Bertz CT molecular complexity index is 604. The van der Waals surface area contributed by atoms with Crippen LogP contribution in [-0.4, -0.2) is 27.9 Å². The zero-order chi connectivity index (χ0) is 15.6. The Labute approximate surface area is 128 Å². The summed E-state index contributed by atoms with van der Waals surface area (Å²) in [5.74, 6) is -1.73. The van der Waals surface area contributed by atoms with Gasteiger partial charge in [-0.25, -0.2) is 0 Å². The van der Waals surface area contributed by atoms with Gasteiger partial charge in [0.1, 0.15) is 0 Å². The van der Waals surface area contributed by atoms with E-state index in [0.717, 1.165) is 0 Å². The van der Waals surface area contributed by atoms with Crippen LogP contribution in [0.25, 0.3) is 0 Å². The second kappa shape index (κ2) is 6.21. The zero-order valence-electron chi connectivity index (χ0n) is 10.9. The molecule has 2 atom stereocenters. The SMILES string of the molecule is O=C(NC1CCC(C(=O)O)C1)c1cc(Br)cc([N+](=O)[O-])c1. The second-order valence-corrected chi connectivity index (χ2v) is 5.89. The van der Waals surface area contributed by atoms with Crippen molar-refractivity contribution in [2.75, 3.05) is 0 Å². The second-order valence-electron chi connectivity index (χ2n) is 4.97. The molecule has 1 fully saturated rings. The van der Waals surface area contributed by atoms with Gasteiger partial charge in [-0.1, -0.05) is 15.9 Å². The number of hydrogen-bond acceptors (Lipinski definition) is 4. The number of nitro benzene ring substituents is 1. The minimum Gasteiger partial charge on any atom is -0.481 e. The van der Waals surface area contributed by atoms with Crippen LogP contribution in [0.15, 0.2) is 22.7 Å². The Kier molecular flexibility index (Phi) is 4.56. The molecule has 1 amide bonds. The molecule has 0 radical (unpaired) electrons. The van der Waals surface area contributed by atoms with Gasteiger partial charge in [0.05, 0.1) is 10.8 Å². The summed E-state index contributed by atoms with van der Waals surface area (Å²) in [6.07, 6.45) is 1.51. The van der Waals surface area contributed by atoms with Gasteiger partial charge in [0, 0.05) is 28.2 Å². The van der Waals surface area contributed by atoms with Gasteiger partial charge in [0.25, 0.3) is 11.6 Å². The standard InChI is InChI=1S/C13H13BrN2O5/c14-9-3-8(5-11(6-9)16(20)21)12(17)15-10-2-1-7(4-10)13(18)19/h3,5-7,10H,1-2,4H2,(H,15,17)(H,18,19). The van der Waals surface area contributed by atoms with Crippen molar-refractivity contribution in [2.24, 2.45) is 5.92 Å². The molecule has 8 heteroatoms. The average Bonchev–Trinajstić information content (AvgIpc) is 2.86. The van der Waals surface area contributed by atoms with Crippen molar-refractivity contribution in [1.82, 2.24) is 5.32 Å². The maximum absolute atomic E-state index is 12.1. The van der Waals surface area contributed by atoms with Gasteiger partial charge in [0.15, 0.2) is 0 Å². The minimum absolute atomic E-state index is 0.176. The molecule has 1 saturated carbocycles. The highest BCUT2D eigenvalue weighted by Crippen LogP contribution is 2.26. The maximum atomic E-state index is 12.1. The summed E-state index contributed by atoms with van der Waals surface area (Å²) in [7, 11) is 0. The number of nitrogens with zero attached hydrogens (tertiary/aromatic N) is 1. The molecule has 1 aliphatic rings. The number of halogens is 1. The lowest BCUT2D eigenvalue weighted by atomic mass is 10.1. The molecule has 1 aliphatic carbocycles. The highest BCUT2D eigenvalue weighted by molar-refractivity contribution is 9.10. The third-order valence-corrected chi connectivity index (χ3v) is 3.93. The summed E-state index contributed by atoms with van der Waals surface area (Å²) in [4.78, 5) is 33.2. The Morgan fingerprint density at radius 3 is 2.62 bits per heavy atom. The van der Waals surface area contributed by atoms with Crippen molar-refractivity contribution in [3.8, 4) is 0 Å². The Morgan fingerprint density at radius 1 is 1.33 bits per heavy atom. The third-order valence-electron chi connectivity index (χ3n) is 3.47. The van der Waals surface area contributed by atoms with Crippen molar-refractivity contribution in [3.63, 3.8) is 0 Å². The number of carboxylic acids is 1. The van der Waals surface area contributed by atoms with Crippen molar-refractivity contribution in [1.29, 1.82) is 0 Å². The molecular formula is C13H13BrN2O5. The van der Waals surface area contributed by atoms with Gasteiger partial charge >= 0.3 is 5.97 Å². The zero-order valence-corrected chi connectivity index (χ0v) is 12.5. The van der Waals surface area contributed by atoms with Crippen LogP contribution in [0.3, 0.4) is 0 Å². The number of carboxylic acid groups (broad SMARTS) is 1. The Balaban J connectivity index is 2.07. The number of carbonyl (C=O) groups is 2. The topological polar surface area (TPSA) is 110 Å². The van der Waals surface area contributed by atoms with E-state index in [1.807, 2.05) is 0 Å². The van der Waals surface area contributed by atoms with Crippen LogP contribution in [0.5, 0.6) is 0 Å². The summed E-state index contributed by atoms with van der Waals surface area (Å²) in [6, 6.07) is 3.79. The predicted octanol–water partition coefficient (Wildman–Crippen LogP) is 2.34. The number of hydrogen-bond donors (Lipinski definition) is 2. The van der Waals surface area contributed by atoms with Crippen LogP contribution in [0.2, 0.25) is 0 Å². The largest absolute Gasteiger partial charge is 0.481 e. The van der Waals surface area contributed by atoms with E-state index in [4.69, 9.17) is 5.11 Å². The normalized spacial score (nSPS) is 21.0. The minimum atomic E-state index is -0.857. The van der Waals surface area contributed by atoms with Crippen molar-refractivity contribution >= 4 is 33.5 Å². The molecule has 2 N–H and O–H groups in total. The molecule has 0 spiro atoms. The first-order chi connectivity index (χ1) is 9.86. The maximum Gasteiger partial charge on any atom is 0.306 e. The van der Waals surface area contributed by atoms with Crippen LogP contribution in [-0.2, 0) is 4.79 Å². The van der Waals surface area contributed by atoms with Crippen molar-refractivity contribution < 1.29 is 19.6 Å².